The standard InChI is InChI=1S/C22H26N4OS/c1-15-4-6-17(7-5-15)20-11-21(26-13-19(23-24-26)16-8-9-16)22(27)14-25(20)12-18-3-2-10-28-18/h2-7,10,13,16,20-22,27H,8-9,11-12,14H2,1H3/t20-,21-,22-/m1/s1. The number of aliphatic hydroxyl groups is 1. The molecule has 1 aromatic carbocycles. The lowest BCUT2D eigenvalue weighted by atomic mass is 9.89. The second-order valence-corrected chi connectivity index (χ2v) is 9.24. The fraction of sp³-hybridized carbons (Fsp3) is 0.455. The highest BCUT2D eigenvalue weighted by Crippen LogP contribution is 2.41. The summed E-state index contributed by atoms with van der Waals surface area (Å²) in [5, 5.41) is 21.8. The van der Waals surface area contributed by atoms with Crippen molar-refractivity contribution in [3.8, 4) is 0 Å². The highest BCUT2D eigenvalue weighted by atomic mass is 32.1. The first kappa shape index (κ1) is 18.0. The van der Waals surface area contributed by atoms with Crippen molar-refractivity contribution in [3.63, 3.8) is 0 Å². The van der Waals surface area contributed by atoms with Crippen LogP contribution in [0.15, 0.2) is 48.0 Å². The molecule has 6 heteroatoms. The number of benzene rings is 1. The van der Waals surface area contributed by atoms with Crippen molar-refractivity contribution in [2.24, 2.45) is 0 Å². The Morgan fingerprint density at radius 1 is 1.18 bits per heavy atom. The summed E-state index contributed by atoms with van der Waals surface area (Å²) in [6, 6.07) is 13.3. The number of thiophene rings is 1. The lowest BCUT2D eigenvalue weighted by Gasteiger charge is -2.42. The minimum Gasteiger partial charge on any atom is -0.390 e. The lowest BCUT2D eigenvalue weighted by Crippen LogP contribution is -2.46. The average Bonchev–Trinajstić information content (AvgIpc) is 3.20. The molecule has 1 N–H and O–H groups in total. The third-order valence-electron chi connectivity index (χ3n) is 6.04. The number of piperidine rings is 1. The molecule has 28 heavy (non-hydrogen) atoms. The molecule has 1 saturated carbocycles. The van der Waals surface area contributed by atoms with E-state index in [2.05, 4.69) is 70.1 Å². The van der Waals surface area contributed by atoms with Crippen LogP contribution in [0.1, 0.15) is 59.0 Å². The highest BCUT2D eigenvalue weighted by Gasteiger charge is 2.38. The number of hydrogen-bond acceptors (Lipinski definition) is 5. The summed E-state index contributed by atoms with van der Waals surface area (Å²) >= 11 is 1.78. The molecular weight excluding hydrogens is 368 g/mol. The van der Waals surface area contributed by atoms with Gasteiger partial charge >= 0.3 is 0 Å². The van der Waals surface area contributed by atoms with Gasteiger partial charge in [-0.3, -0.25) is 4.90 Å². The topological polar surface area (TPSA) is 54.2 Å². The normalized spacial score (nSPS) is 25.9. The molecule has 3 atom stereocenters. The number of likely N-dealkylation sites (tertiary alicyclic amines) is 1. The number of aromatic nitrogens is 3. The molecule has 2 aliphatic rings. The van der Waals surface area contributed by atoms with E-state index in [1.165, 1.54) is 28.8 Å². The van der Waals surface area contributed by atoms with Crippen molar-refractivity contribution in [1.29, 1.82) is 0 Å². The van der Waals surface area contributed by atoms with Crippen molar-refractivity contribution in [2.45, 2.75) is 56.8 Å². The molecule has 0 unspecified atom stereocenters. The van der Waals surface area contributed by atoms with Gasteiger partial charge in [0.2, 0.25) is 0 Å². The summed E-state index contributed by atoms with van der Waals surface area (Å²) in [5.41, 5.74) is 3.66. The summed E-state index contributed by atoms with van der Waals surface area (Å²) < 4.78 is 1.92. The van der Waals surface area contributed by atoms with E-state index < -0.39 is 6.10 Å². The van der Waals surface area contributed by atoms with Crippen LogP contribution in [-0.2, 0) is 6.54 Å². The zero-order valence-electron chi connectivity index (χ0n) is 16.1. The van der Waals surface area contributed by atoms with E-state index in [0.29, 0.717) is 12.5 Å². The maximum absolute atomic E-state index is 11.0. The van der Waals surface area contributed by atoms with Gasteiger partial charge < -0.3 is 5.11 Å². The van der Waals surface area contributed by atoms with Gasteiger partial charge in [-0.15, -0.1) is 16.4 Å². The molecule has 0 bridgehead atoms. The molecule has 1 saturated heterocycles. The van der Waals surface area contributed by atoms with Crippen LogP contribution >= 0.6 is 11.3 Å². The Morgan fingerprint density at radius 2 is 2.00 bits per heavy atom. The molecule has 2 fully saturated rings. The molecule has 1 aliphatic carbocycles. The lowest BCUT2D eigenvalue weighted by molar-refractivity contribution is -0.0131. The summed E-state index contributed by atoms with van der Waals surface area (Å²) in [7, 11) is 0. The van der Waals surface area contributed by atoms with E-state index in [0.717, 1.165) is 18.7 Å². The van der Waals surface area contributed by atoms with E-state index in [1.807, 2.05) is 4.68 Å². The zero-order valence-corrected chi connectivity index (χ0v) is 16.9. The predicted molar refractivity (Wildman–Crippen MR) is 110 cm³/mol. The van der Waals surface area contributed by atoms with Gasteiger partial charge in [0.25, 0.3) is 0 Å². The fourth-order valence-electron chi connectivity index (χ4n) is 4.24. The number of aliphatic hydroxyl groups excluding tert-OH is 1. The van der Waals surface area contributed by atoms with Crippen LogP contribution in [0.3, 0.4) is 0 Å². The van der Waals surface area contributed by atoms with E-state index in [-0.39, 0.29) is 12.1 Å². The number of β-amino-alcohol motifs (C(OH)–C–C–N with tert-alkyl or cyclic N) is 1. The van der Waals surface area contributed by atoms with E-state index in [4.69, 9.17) is 0 Å². The van der Waals surface area contributed by atoms with E-state index in [1.54, 1.807) is 11.3 Å². The first-order valence-electron chi connectivity index (χ1n) is 10.1. The second-order valence-electron chi connectivity index (χ2n) is 8.20. The van der Waals surface area contributed by atoms with E-state index >= 15 is 0 Å². The van der Waals surface area contributed by atoms with Crippen molar-refractivity contribution in [1.82, 2.24) is 19.9 Å². The SMILES string of the molecule is Cc1ccc([C@H]2C[C@@H](n3cc(C4CC4)nn3)[C@H](O)CN2Cc2cccs2)cc1. The number of hydrogen-bond donors (Lipinski definition) is 1. The van der Waals surface area contributed by atoms with Crippen LogP contribution in [0.4, 0.5) is 0 Å². The minimum atomic E-state index is -0.449. The predicted octanol–water partition coefficient (Wildman–Crippen LogP) is 4.07. The van der Waals surface area contributed by atoms with Crippen LogP contribution in [0.2, 0.25) is 0 Å². The second kappa shape index (κ2) is 7.43. The largest absolute Gasteiger partial charge is 0.390 e. The Balaban J connectivity index is 1.43. The molecule has 5 nitrogen and oxygen atoms in total. The molecule has 5 rings (SSSR count). The van der Waals surface area contributed by atoms with Crippen molar-refractivity contribution in [2.75, 3.05) is 6.54 Å². The Hall–Kier alpha value is -2.02. The van der Waals surface area contributed by atoms with Gasteiger partial charge in [-0.25, -0.2) is 4.68 Å². The van der Waals surface area contributed by atoms with Crippen LogP contribution in [-0.4, -0.2) is 37.6 Å². The van der Waals surface area contributed by atoms with Gasteiger partial charge in [0.15, 0.2) is 0 Å². The summed E-state index contributed by atoms with van der Waals surface area (Å²) in [5.74, 6) is 0.581. The van der Waals surface area contributed by atoms with Crippen molar-refractivity contribution < 1.29 is 5.11 Å². The molecule has 1 aliphatic heterocycles. The fourth-order valence-corrected chi connectivity index (χ4v) is 4.97. The quantitative estimate of drug-likeness (QED) is 0.709. The maximum atomic E-state index is 11.0. The third-order valence-corrected chi connectivity index (χ3v) is 6.90. The smallest absolute Gasteiger partial charge is 0.0892 e. The highest BCUT2D eigenvalue weighted by molar-refractivity contribution is 7.09. The van der Waals surface area contributed by atoms with Gasteiger partial charge in [-0.2, -0.15) is 0 Å². The third kappa shape index (κ3) is 3.64. The van der Waals surface area contributed by atoms with Crippen molar-refractivity contribution in [3.05, 3.63) is 69.7 Å². The average molecular weight is 395 g/mol. The first-order chi connectivity index (χ1) is 13.7. The molecule has 3 heterocycles. The van der Waals surface area contributed by atoms with Crippen LogP contribution in [0, 0.1) is 6.92 Å². The number of rotatable bonds is 5. The van der Waals surface area contributed by atoms with Gasteiger partial charge in [-0.1, -0.05) is 41.1 Å². The monoisotopic (exact) mass is 394 g/mol. The van der Waals surface area contributed by atoms with Gasteiger partial charge in [0, 0.05) is 36.1 Å². The van der Waals surface area contributed by atoms with Crippen LogP contribution in [0.5, 0.6) is 0 Å². The molecule has 0 amide bonds. The number of nitrogens with zero attached hydrogens (tertiary/aromatic N) is 4. The first-order valence-corrected chi connectivity index (χ1v) is 11.0. The maximum Gasteiger partial charge on any atom is 0.0892 e. The zero-order chi connectivity index (χ0) is 19.1. The Morgan fingerprint density at radius 3 is 2.71 bits per heavy atom. The van der Waals surface area contributed by atoms with Crippen LogP contribution < -0.4 is 0 Å². The molecule has 0 radical (unpaired) electrons. The van der Waals surface area contributed by atoms with Gasteiger partial charge in [0.05, 0.1) is 17.8 Å². The molecule has 2 aromatic heterocycles. The summed E-state index contributed by atoms with van der Waals surface area (Å²) in [6.07, 6.45) is 4.88. The van der Waals surface area contributed by atoms with Crippen LogP contribution in [0.25, 0.3) is 0 Å². The Bertz CT molecular complexity index is 916. The number of aryl methyl sites for hydroxylation is 1. The minimum absolute atomic E-state index is 0.0362. The van der Waals surface area contributed by atoms with Gasteiger partial charge in [-0.05, 0) is 43.2 Å². The van der Waals surface area contributed by atoms with E-state index in [9.17, 15) is 5.11 Å². The van der Waals surface area contributed by atoms with Crippen molar-refractivity contribution >= 4 is 11.3 Å². The Kier molecular flexibility index (Phi) is 4.78. The Labute approximate surface area is 169 Å². The molecule has 3 aromatic rings. The molecule has 146 valence electrons. The molecular formula is C22H26N4OS. The van der Waals surface area contributed by atoms with Gasteiger partial charge in [0.1, 0.15) is 0 Å². The summed E-state index contributed by atoms with van der Waals surface area (Å²) in [4.78, 5) is 3.75. The molecule has 0 spiro atoms. The summed E-state index contributed by atoms with van der Waals surface area (Å²) in [6.45, 7) is 3.62.